The van der Waals surface area contributed by atoms with Crippen molar-refractivity contribution in [2.75, 3.05) is 6.54 Å². The van der Waals surface area contributed by atoms with Crippen molar-refractivity contribution in [3.63, 3.8) is 0 Å². The first kappa shape index (κ1) is 15.0. The second kappa shape index (κ2) is 6.91. The highest BCUT2D eigenvalue weighted by atomic mass is 16.5. The molecule has 1 heterocycles. The molecule has 2 aliphatic carbocycles. The van der Waals surface area contributed by atoms with Crippen LogP contribution in [0.5, 0.6) is 0 Å². The molecule has 0 spiro atoms. The van der Waals surface area contributed by atoms with Crippen LogP contribution in [-0.2, 0) is 0 Å². The summed E-state index contributed by atoms with van der Waals surface area (Å²) in [4.78, 5) is 4.79. The molecule has 2 saturated carbocycles. The Morgan fingerprint density at radius 2 is 2.05 bits per heavy atom. The molecule has 0 bridgehead atoms. The third-order valence-electron chi connectivity index (χ3n) is 5.26. The Bertz CT molecular complexity index is 445. The fourth-order valence-electron chi connectivity index (χ4n) is 4.01. The lowest BCUT2D eigenvalue weighted by atomic mass is 9.84. The van der Waals surface area contributed by atoms with E-state index in [1.165, 1.54) is 51.4 Å². The number of hydrogen-bond donors (Lipinski definition) is 1. The predicted octanol–water partition coefficient (Wildman–Crippen LogP) is 4.00. The molecule has 0 aliphatic heterocycles. The van der Waals surface area contributed by atoms with Gasteiger partial charge in [-0.15, -0.1) is 0 Å². The third kappa shape index (κ3) is 3.47. The van der Waals surface area contributed by atoms with Gasteiger partial charge in [0.25, 0.3) is 0 Å². The highest BCUT2D eigenvalue weighted by Gasteiger charge is 2.32. The minimum atomic E-state index is 0.422. The van der Waals surface area contributed by atoms with E-state index in [-0.39, 0.29) is 0 Å². The van der Waals surface area contributed by atoms with Crippen LogP contribution in [-0.4, -0.2) is 22.7 Å². The summed E-state index contributed by atoms with van der Waals surface area (Å²) in [5.41, 5.74) is 0. The fourth-order valence-corrected chi connectivity index (χ4v) is 4.01. The Labute approximate surface area is 128 Å². The third-order valence-corrected chi connectivity index (χ3v) is 5.26. The summed E-state index contributed by atoms with van der Waals surface area (Å²) < 4.78 is 5.66. The molecule has 1 N–H and O–H groups in total. The van der Waals surface area contributed by atoms with Crippen molar-refractivity contribution >= 4 is 0 Å². The van der Waals surface area contributed by atoms with Crippen molar-refractivity contribution in [3.8, 4) is 0 Å². The Morgan fingerprint density at radius 3 is 2.81 bits per heavy atom. The monoisotopic (exact) mass is 291 g/mol. The van der Waals surface area contributed by atoms with Crippen molar-refractivity contribution in [1.82, 2.24) is 15.5 Å². The van der Waals surface area contributed by atoms with E-state index in [9.17, 15) is 0 Å². The van der Waals surface area contributed by atoms with Crippen LogP contribution in [0.15, 0.2) is 4.52 Å². The molecule has 0 radical (unpaired) electrons. The molecule has 0 aromatic carbocycles. The van der Waals surface area contributed by atoms with Gasteiger partial charge in [0.1, 0.15) is 0 Å². The van der Waals surface area contributed by atoms with Crippen LogP contribution in [0.2, 0.25) is 0 Å². The van der Waals surface area contributed by atoms with Gasteiger partial charge in [-0.3, -0.25) is 0 Å². The van der Waals surface area contributed by atoms with Gasteiger partial charge in [-0.05, 0) is 51.0 Å². The van der Waals surface area contributed by atoms with E-state index in [1.54, 1.807) is 0 Å². The van der Waals surface area contributed by atoms with Crippen molar-refractivity contribution in [2.24, 2.45) is 5.92 Å². The van der Waals surface area contributed by atoms with E-state index in [4.69, 9.17) is 9.51 Å². The van der Waals surface area contributed by atoms with Crippen molar-refractivity contribution < 1.29 is 4.52 Å². The van der Waals surface area contributed by atoms with Gasteiger partial charge >= 0.3 is 0 Å². The van der Waals surface area contributed by atoms with E-state index in [0.29, 0.717) is 17.9 Å². The molecule has 4 unspecified atom stereocenters. The summed E-state index contributed by atoms with van der Waals surface area (Å²) in [5, 5.41) is 7.99. The summed E-state index contributed by atoms with van der Waals surface area (Å²) in [6.45, 7) is 5.63. The summed E-state index contributed by atoms with van der Waals surface area (Å²) in [5.74, 6) is 3.62. The van der Waals surface area contributed by atoms with Gasteiger partial charge in [-0.1, -0.05) is 31.8 Å². The molecule has 1 aromatic rings. The molecule has 2 fully saturated rings. The van der Waals surface area contributed by atoms with Gasteiger partial charge in [0.15, 0.2) is 5.82 Å². The van der Waals surface area contributed by atoms with Crippen LogP contribution in [0.3, 0.4) is 0 Å². The zero-order chi connectivity index (χ0) is 14.7. The van der Waals surface area contributed by atoms with E-state index in [0.717, 1.165) is 24.2 Å². The van der Waals surface area contributed by atoms with Gasteiger partial charge < -0.3 is 9.84 Å². The molecule has 2 aliphatic rings. The summed E-state index contributed by atoms with van der Waals surface area (Å²) in [7, 11) is 0. The maximum atomic E-state index is 5.66. The number of hydrogen-bond acceptors (Lipinski definition) is 4. The minimum absolute atomic E-state index is 0.422. The van der Waals surface area contributed by atoms with Crippen molar-refractivity contribution in [1.29, 1.82) is 0 Å². The summed E-state index contributed by atoms with van der Waals surface area (Å²) in [6, 6.07) is 0.523. The van der Waals surface area contributed by atoms with Gasteiger partial charge in [-0.2, -0.15) is 4.98 Å². The molecular weight excluding hydrogens is 262 g/mol. The molecule has 1 aromatic heterocycles. The second-order valence-electron chi connectivity index (χ2n) is 7.06. The van der Waals surface area contributed by atoms with Gasteiger partial charge in [0.05, 0.1) is 5.92 Å². The average molecular weight is 291 g/mol. The standard InChI is InChI=1S/C17H29N3O/c1-3-10-18-15-7-5-4-6-14(15)17-19-16(20-21-17)13-9-8-12(2)11-13/h12-15,18H,3-11H2,1-2H3. The predicted molar refractivity (Wildman–Crippen MR) is 83.3 cm³/mol. The van der Waals surface area contributed by atoms with Crippen molar-refractivity contribution in [3.05, 3.63) is 11.7 Å². The topological polar surface area (TPSA) is 51.0 Å². The molecule has 4 nitrogen and oxygen atoms in total. The maximum Gasteiger partial charge on any atom is 0.231 e. The molecule has 4 heteroatoms. The normalized spacial score (nSPS) is 33.4. The molecule has 0 amide bonds. The fraction of sp³-hybridized carbons (Fsp3) is 0.882. The Kier molecular flexibility index (Phi) is 4.94. The van der Waals surface area contributed by atoms with Crippen LogP contribution in [0, 0.1) is 5.92 Å². The zero-order valence-electron chi connectivity index (χ0n) is 13.5. The van der Waals surface area contributed by atoms with Crippen molar-refractivity contribution in [2.45, 2.75) is 83.1 Å². The SMILES string of the molecule is CCCNC1CCCCC1c1nc(C2CCC(C)C2)no1. The van der Waals surface area contributed by atoms with E-state index in [2.05, 4.69) is 24.3 Å². The highest BCUT2D eigenvalue weighted by Crippen LogP contribution is 2.38. The van der Waals surface area contributed by atoms with Crippen LogP contribution >= 0.6 is 0 Å². The van der Waals surface area contributed by atoms with Gasteiger partial charge in [-0.25, -0.2) is 0 Å². The van der Waals surface area contributed by atoms with Gasteiger partial charge in [0.2, 0.25) is 5.89 Å². The molecule has 3 rings (SSSR count). The molecule has 118 valence electrons. The smallest absolute Gasteiger partial charge is 0.231 e. The second-order valence-corrected chi connectivity index (χ2v) is 7.06. The van der Waals surface area contributed by atoms with Crippen LogP contribution in [0.25, 0.3) is 0 Å². The first-order valence-electron chi connectivity index (χ1n) is 8.84. The number of aromatic nitrogens is 2. The molecule has 0 saturated heterocycles. The van der Waals surface area contributed by atoms with E-state index >= 15 is 0 Å². The number of nitrogens with one attached hydrogen (secondary N) is 1. The van der Waals surface area contributed by atoms with Crippen LogP contribution in [0.4, 0.5) is 0 Å². The zero-order valence-corrected chi connectivity index (χ0v) is 13.5. The Balaban J connectivity index is 1.68. The lowest BCUT2D eigenvalue weighted by Gasteiger charge is -2.29. The number of rotatable bonds is 5. The minimum Gasteiger partial charge on any atom is -0.339 e. The Morgan fingerprint density at radius 1 is 1.19 bits per heavy atom. The maximum absolute atomic E-state index is 5.66. The first-order chi connectivity index (χ1) is 10.3. The average Bonchev–Trinajstić information content (AvgIpc) is 3.14. The largest absolute Gasteiger partial charge is 0.339 e. The first-order valence-corrected chi connectivity index (χ1v) is 8.84. The summed E-state index contributed by atoms with van der Waals surface area (Å²) in [6.07, 6.45) is 9.96. The lowest BCUT2D eigenvalue weighted by molar-refractivity contribution is 0.262. The quantitative estimate of drug-likeness (QED) is 0.891. The number of nitrogens with zero attached hydrogens (tertiary/aromatic N) is 2. The molecule has 21 heavy (non-hydrogen) atoms. The Hall–Kier alpha value is -0.900. The van der Waals surface area contributed by atoms with E-state index in [1.807, 2.05) is 0 Å². The van der Waals surface area contributed by atoms with Gasteiger partial charge in [0, 0.05) is 12.0 Å². The summed E-state index contributed by atoms with van der Waals surface area (Å²) >= 11 is 0. The highest BCUT2D eigenvalue weighted by molar-refractivity contribution is 5.05. The molecular formula is C17H29N3O. The van der Waals surface area contributed by atoms with Crippen LogP contribution in [0.1, 0.15) is 88.8 Å². The van der Waals surface area contributed by atoms with E-state index < -0.39 is 0 Å². The van der Waals surface area contributed by atoms with Crippen LogP contribution < -0.4 is 5.32 Å². The lowest BCUT2D eigenvalue weighted by Crippen LogP contribution is -2.37. The molecule has 4 atom stereocenters.